The van der Waals surface area contributed by atoms with Crippen LogP contribution in [0.2, 0.25) is 0 Å². The predicted octanol–water partition coefficient (Wildman–Crippen LogP) is -0.786. The van der Waals surface area contributed by atoms with E-state index in [1.54, 1.807) is 0 Å². The summed E-state index contributed by atoms with van der Waals surface area (Å²) in [6.07, 6.45) is 5.45. The molecule has 4 aromatic heterocycles. The monoisotopic (exact) mass is 600 g/mol. The Labute approximate surface area is 248 Å². The number of hydrogen-bond donors (Lipinski definition) is 5. The number of Topliss-reactive ketones (excluding diaryl/α,β-unsaturated/α-hetero) is 5. The number of aromatic nitrogens is 4. The van der Waals surface area contributed by atoms with Gasteiger partial charge in [0.1, 0.15) is 6.10 Å². The number of ketones is 5. The lowest BCUT2D eigenvalue weighted by Crippen LogP contribution is -2.78. The second kappa shape index (κ2) is 12.5. The van der Waals surface area contributed by atoms with Crippen LogP contribution in [0.4, 0.5) is 0 Å². The lowest BCUT2D eigenvalue weighted by molar-refractivity contribution is -0.182. The molecule has 4 heterocycles. The van der Waals surface area contributed by atoms with Gasteiger partial charge in [0, 0.05) is 71.8 Å². The maximum Gasteiger partial charge on any atom is 0.253 e. The molecule has 0 amide bonds. The highest BCUT2D eigenvalue weighted by molar-refractivity contribution is 6.41. The molecule has 3 atom stereocenters. The Morgan fingerprint density at radius 2 is 0.932 bits per heavy atom. The van der Waals surface area contributed by atoms with Crippen molar-refractivity contribution in [1.82, 2.24) is 19.9 Å². The van der Waals surface area contributed by atoms with Crippen LogP contribution in [0, 0.1) is 0 Å². The molecule has 0 radical (unpaired) electrons. The van der Waals surface area contributed by atoms with Crippen molar-refractivity contribution in [3.05, 3.63) is 120 Å². The average Bonchev–Trinajstić information content (AvgIpc) is 3.09. The van der Waals surface area contributed by atoms with Crippen molar-refractivity contribution in [2.75, 3.05) is 6.61 Å². The van der Waals surface area contributed by atoms with Gasteiger partial charge in [-0.25, -0.2) is 0 Å². The third-order valence-corrected chi connectivity index (χ3v) is 6.89. The second-order valence-electron chi connectivity index (χ2n) is 9.50. The van der Waals surface area contributed by atoms with E-state index >= 15 is 0 Å². The number of carbonyl (C=O) groups excluding carboxylic acids is 5. The Hall–Kier alpha value is -5.25. The van der Waals surface area contributed by atoms with Crippen molar-refractivity contribution in [2.24, 2.45) is 0 Å². The first kappa shape index (κ1) is 31.7. The summed E-state index contributed by atoms with van der Waals surface area (Å²) < 4.78 is 0. The summed E-state index contributed by atoms with van der Waals surface area (Å²) in [5.74, 6) is -9.44. The molecule has 14 heteroatoms. The number of pyridine rings is 4. The van der Waals surface area contributed by atoms with Crippen molar-refractivity contribution < 1.29 is 49.5 Å². The van der Waals surface area contributed by atoms with Crippen LogP contribution in [-0.2, 0) is 4.79 Å². The largest absolute Gasteiger partial charge is 0.394 e. The van der Waals surface area contributed by atoms with Crippen molar-refractivity contribution in [1.29, 1.82) is 0 Å². The van der Waals surface area contributed by atoms with Gasteiger partial charge in [-0.05, 0) is 48.5 Å². The molecule has 0 aliphatic rings. The van der Waals surface area contributed by atoms with E-state index in [2.05, 4.69) is 19.9 Å². The van der Waals surface area contributed by atoms with Crippen LogP contribution in [0.15, 0.2) is 98.1 Å². The molecule has 0 aliphatic carbocycles. The van der Waals surface area contributed by atoms with Crippen LogP contribution in [0.1, 0.15) is 41.4 Å². The predicted molar refractivity (Wildman–Crippen MR) is 147 cm³/mol. The molecule has 224 valence electrons. The molecule has 0 unspecified atom stereocenters. The summed E-state index contributed by atoms with van der Waals surface area (Å²) in [6.45, 7) is -1.54. The quantitative estimate of drug-likeness (QED) is 0.0934. The van der Waals surface area contributed by atoms with Crippen LogP contribution >= 0.6 is 0 Å². The van der Waals surface area contributed by atoms with Gasteiger partial charge in [0.2, 0.25) is 34.5 Å². The lowest BCUT2D eigenvalue weighted by Gasteiger charge is -2.44. The zero-order valence-electron chi connectivity index (χ0n) is 22.6. The standard InChI is InChI=1S/C30H24N4O10/c35-17-22(36)29(43,25(39)20-7-3-11-33-15-20)30(44,26(40)21-8-4-12-34-16-21)27(41)28(42,23(37)18-5-1-9-31-13-18)24(38)19-6-2-10-32-14-19/h1-16,22,35-36,42-44H,17H2/t22-,29+,30-/m1/s1. The van der Waals surface area contributed by atoms with Gasteiger partial charge in [0.25, 0.3) is 5.60 Å². The Kier molecular flexibility index (Phi) is 9.03. The van der Waals surface area contributed by atoms with E-state index in [0.717, 1.165) is 49.1 Å². The summed E-state index contributed by atoms with van der Waals surface area (Å²) in [5.41, 5.74) is -14.8. The number of nitrogens with zero attached hydrogens (tertiary/aromatic N) is 4. The Bertz CT molecular complexity index is 1640. The van der Waals surface area contributed by atoms with Gasteiger partial charge in [-0.2, -0.15) is 0 Å². The van der Waals surface area contributed by atoms with E-state index in [4.69, 9.17) is 0 Å². The summed E-state index contributed by atoms with van der Waals surface area (Å²) >= 11 is 0. The molecule has 0 aliphatic heterocycles. The van der Waals surface area contributed by atoms with E-state index in [9.17, 15) is 49.5 Å². The first-order valence-electron chi connectivity index (χ1n) is 12.8. The van der Waals surface area contributed by atoms with E-state index in [1.165, 1.54) is 49.1 Å². The minimum atomic E-state index is -4.35. The van der Waals surface area contributed by atoms with Crippen molar-refractivity contribution in [2.45, 2.75) is 22.9 Å². The smallest absolute Gasteiger partial charge is 0.253 e. The van der Waals surface area contributed by atoms with Gasteiger partial charge in [-0.1, -0.05) is 0 Å². The van der Waals surface area contributed by atoms with Crippen molar-refractivity contribution in [3.8, 4) is 0 Å². The van der Waals surface area contributed by atoms with Gasteiger partial charge in [0.15, 0.2) is 5.60 Å². The topological polar surface area (TPSA) is 238 Å². The fourth-order valence-corrected chi connectivity index (χ4v) is 4.54. The number of aliphatic hydroxyl groups excluding tert-OH is 2. The second-order valence-corrected chi connectivity index (χ2v) is 9.50. The summed E-state index contributed by atoms with van der Waals surface area (Å²) in [5, 5.41) is 56.8. The van der Waals surface area contributed by atoms with Gasteiger partial charge >= 0.3 is 0 Å². The Morgan fingerprint density at radius 1 is 0.591 bits per heavy atom. The molecule has 0 saturated heterocycles. The molecule has 0 bridgehead atoms. The van der Waals surface area contributed by atoms with Gasteiger partial charge in [0.05, 0.1) is 6.61 Å². The molecular formula is C30H24N4O10. The molecule has 4 rings (SSSR count). The van der Waals surface area contributed by atoms with E-state index < -0.39 is 80.7 Å². The molecular weight excluding hydrogens is 576 g/mol. The SMILES string of the molecule is O=C(c1cccnc1)C(O)(C(=O)c1cccnc1)C(=O)[C@](O)(C(=O)c1cccnc1)[C@@](O)(C(=O)c1cccnc1)[C@H](O)CO. The summed E-state index contributed by atoms with van der Waals surface area (Å²) in [7, 11) is 0. The normalized spacial score (nSPS) is 14.8. The number of rotatable bonds is 13. The molecule has 0 spiro atoms. The molecule has 0 fully saturated rings. The van der Waals surface area contributed by atoms with Gasteiger partial charge in [-0.3, -0.25) is 43.9 Å². The zero-order valence-corrected chi connectivity index (χ0v) is 22.6. The lowest BCUT2D eigenvalue weighted by atomic mass is 9.63. The maximum atomic E-state index is 14.6. The fourth-order valence-electron chi connectivity index (χ4n) is 4.54. The van der Waals surface area contributed by atoms with Crippen molar-refractivity contribution >= 4 is 28.9 Å². The van der Waals surface area contributed by atoms with Gasteiger partial charge < -0.3 is 25.5 Å². The number of hydrogen-bond acceptors (Lipinski definition) is 14. The third-order valence-electron chi connectivity index (χ3n) is 6.89. The van der Waals surface area contributed by atoms with E-state index in [0.29, 0.717) is 0 Å². The molecule has 0 saturated carbocycles. The van der Waals surface area contributed by atoms with Crippen LogP contribution in [-0.4, -0.2) is 104 Å². The first-order valence-corrected chi connectivity index (χ1v) is 12.8. The minimum absolute atomic E-state index is 0.554. The maximum absolute atomic E-state index is 14.6. The zero-order chi connectivity index (χ0) is 32.1. The highest BCUT2D eigenvalue weighted by Gasteiger charge is 2.73. The van der Waals surface area contributed by atoms with E-state index in [1.807, 2.05) is 0 Å². The molecule has 44 heavy (non-hydrogen) atoms. The van der Waals surface area contributed by atoms with Crippen LogP contribution < -0.4 is 0 Å². The molecule has 4 aromatic rings. The minimum Gasteiger partial charge on any atom is -0.394 e. The number of carbonyl (C=O) groups is 5. The van der Waals surface area contributed by atoms with E-state index in [-0.39, 0.29) is 0 Å². The molecule has 0 aromatic carbocycles. The van der Waals surface area contributed by atoms with Crippen LogP contribution in [0.5, 0.6) is 0 Å². The summed E-state index contributed by atoms with van der Waals surface area (Å²) in [6, 6.07) is 8.97. The third kappa shape index (κ3) is 5.12. The molecule has 14 nitrogen and oxygen atoms in total. The highest BCUT2D eigenvalue weighted by atomic mass is 16.4. The van der Waals surface area contributed by atoms with Crippen molar-refractivity contribution in [3.63, 3.8) is 0 Å². The number of aliphatic hydroxyl groups is 5. The fraction of sp³-hybridized carbons (Fsp3) is 0.167. The Morgan fingerprint density at radius 3 is 1.25 bits per heavy atom. The Balaban J connectivity index is 2.09. The first-order chi connectivity index (χ1) is 20.9. The van der Waals surface area contributed by atoms with Crippen LogP contribution in [0.25, 0.3) is 0 Å². The van der Waals surface area contributed by atoms with Gasteiger partial charge in [-0.15, -0.1) is 0 Å². The highest BCUT2D eigenvalue weighted by Crippen LogP contribution is 2.39. The summed E-state index contributed by atoms with van der Waals surface area (Å²) in [4.78, 5) is 85.1. The van der Waals surface area contributed by atoms with Crippen LogP contribution in [0.3, 0.4) is 0 Å². The molecule has 5 N–H and O–H groups in total. The average molecular weight is 601 g/mol.